The second-order valence-corrected chi connectivity index (χ2v) is 7.95. The van der Waals surface area contributed by atoms with Gasteiger partial charge >= 0.3 is 0 Å². The second kappa shape index (κ2) is 9.87. The molecule has 0 spiro atoms. The lowest BCUT2D eigenvalue weighted by atomic mass is 10.1. The number of imidazole rings is 1. The highest BCUT2D eigenvalue weighted by atomic mass is 19.1. The van der Waals surface area contributed by atoms with Gasteiger partial charge in [0.2, 0.25) is 0 Å². The van der Waals surface area contributed by atoms with Crippen LogP contribution in [0.1, 0.15) is 45.2 Å². The summed E-state index contributed by atoms with van der Waals surface area (Å²) < 4.78 is 21.6. The predicted octanol–water partition coefficient (Wildman–Crippen LogP) is 3.61. The highest BCUT2D eigenvalue weighted by molar-refractivity contribution is 5.80. The van der Waals surface area contributed by atoms with Crippen LogP contribution in [-0.2, 0) is 17.8 Å². The van der Waals surface area contributed by atoms with Crippen molar-refractivity contribution in [3.8, 4) is 0 Å². The Labute approximate surface area is 172 Å². The summed E-state index contributed by atoms with van der Waals surface area (Å²) in [5.74, 6) is 2.14. The minimum Gasteiger partial charge on any atom is -0.367 e. The molecule has 1 aliphatic rings. The number of benzene rings is 1. The maximum Gasteiger partial charge on any atom is 0.194 e. The number of halogens is 1. The van der Waals surface area contributed by atoms with Crippen LogP contribution in [0, 0.1) is 11.7 Å². The molecular formula is C22H32FN5O. The molecule has 0 aliphatic carbocycles. The van der Waals surface area contributed by atoms with E-state index in [2.05, 4.69) is 47.5 Å². The Hall–Kier alpha value is -2.41. The van der Waals surface area contributed by atoms with E-state index in [4.69, 9.17) is 9.73 Å². The molecule has 6 nitrogen and oxygen atoms in total. The zero-order valence-electron chi connectivity index (χ0n) is 17.8. The molecule has 1 fully saturated rings. The molecular weight excluding hydrogens is 369 g/mol. The summed E-state index contributed by atoms with van der Waals surface area (Å²) in [6.45, 7) is 12.2. The first kappa shape index (κ1) is 21.3. The van der Waals surface area contributed by atoms with Gasteiger partial charge in [-0.3, -0.25) is 0 Å². The van der Waals surface area contributed by atoms with Crippen LogP contribution in [0.25, 0.3) is 0 Å². The van der Waals surface area contributed by atoms with Crippen LogP contribution in [0.3, 0.4) is 0 Å². The van der Waals surface area contributed by atoms with E-state index >= 15 is 0 Å². The van der Waals surface area contributed by atoms with Gasteiger partial charge in [0.05, 0.1) is 12.6 Å². The maximum absolute atomic E-state index is 13.3. The quantitative estimate of drug-likeness (QED) is 0.594. The minimum absolute atomic E-state index is 0.0468. The number of hydrogen-bond acceptors (Lipinski definition) is 3. The summed E-state index contributed by atoms with van der Waals surface area (Å²) in [6, 6.07) is 6.55. The van der Waals surface area contributed by atoms with Crippen molar-refractivity contribution < 1.29 is 9.13 Å². The standard InChI is InChI=1S/C22H32FN5O/c1-5-24-22(26-12-21-25-10-11-27(21)13-16(2)3)28-14-17(4)29-20(15-28)18-6-8-19(23)9-7-18/h6-11,16-17,20H,5,12-15H2,1-4H3,(H,24,26). The van der Waals surface area contributed by atoms with Crippen LogP contribution in [0.5, 0.6) is 0 Å². The van der Waals surface area contributed by atoms with Crippen LogP contribution in [-0.4, -0.2) is 46.1 Å². The monoisotopic (exact) mass is 401 g/mol. The van der Waals surface area contributed by atoms with Gasteiger partial charge in [0.25, 0.3) is 0 Å². The fourth-order valence-corrected chi connectivity index (χ4v) is 3.61. The van der Waals surface area contributed by atoms with Gasteiger partial charge in [-0.25, -0.2) is 14.4 Å². The third-order valence-corrected chi connectivity index (χ3v) is 4.87. The summed E-state index contributed by atoms with van der Waals surface area (Å²) in [6.07, 6.45) is 3.78. The second-order valence-electron chi connectivity index (χ2n) is 7.95. The highest BCUT2D eigenvalue weighted by Gasteiger charge is 2.28. The average molecular weight is 402 g/mol. The Kier molecular flexibility index (Phi) is 7.25. The molecule has 1 N–H and O–H groups in total. The Balaban J connectivity index is 1.75. The van der Waals surface area contributed by atoms with Crippen molar-refractivity contribution in [3.05, 3.63) is 53.9 Å². The number of nitrogens with one attached hydrogen (secondary N) is 1. The fraction of sp³-hybridized carbons (Fsp3) is 0.545. The Morgan fingerprint density at radius 1 is 1.31 bits per heavy atom. The topological polar surface area (TPSA) is 54.7 Å². The summed E-state index contributed by atoms with van der Waals surface area (Å²) >= 11 is 0. The van der Waals surface area contributed by atoms with Crippen molar-refractivity contribution in [2.24, 2.45) is 10.9 Å². The summed E-state index contributed by atoms with van der Waals surface area (Å²) in [5, 5.41) is 3.40. The van der Waals surface area contributed by atoms with E-state index in [-0.39, 0.29) is 18.0 Å². The molecule has 1 aromatic carbocycles. The van der Waals surface area contributed by atoms with Gasteiger partial charge in [0.15, 0.2) is 5.96 Å². The summed E-state index contributed by atoms with van der Waals surface area (Å²) in [7, 11) is 0. The molecule has 158 valence electrons. The minimum atomic E-state index is -0.235. The molecule has 1 aromatic heterocycles. The van der Waals surface area contributed by atoms with Crippen molar-refractivity contribution in [2.45, 2.75) is 53.0 Å². The van der Waals surface area contributed by atoms with E-state index in [1.54, 1.807) is 12.1 Å². The molecule has 0 bridgehead atoms. The van der Waals surface area contributed by atoms with Crippen LogP contribution in [0.2, 0.25) is 0 Å². The van der Waals surface area contributed by atoms with Crippen LogP contribution >= 0.6 is 0 Å². The molecule has 0 saturated carbocycles. The third-order valence-electron chi connectivity index (χ3n) is 4.87. The molecule has 2 aromatic rings. The van der Waals surface area contributed by atoms with Crippen molar-refractivity contribution in [1.29, 1.82) is 0 Å². The maximum atomic E-state index is 13.3. The molecule has 0 amide bonds. The number of rotatable bonds is 6. The number of nitrogens with zero attached hydrogens (tertiary/aromatic N) is 4. The van der Waals surface area contributed by atoms with E-state index in [9.17, 15) is 4.39 Å². The van der Waals surface area contributed by atoms with Crippen LogP contribution < -0.4 is 5.32 Å². The lowest BCUT2D eigenvalue weighted by molar-refractivity contribution is -0.0605. The number of guanidine groups is 1. The first-order valence-electron chi connectivity index (χ1n) is 10.4. The van der Waals surface area contributed by atoms with Crippen molar-refractivity contribution in [1.82, 2.24) is 19.8 Å². The van der Waals surface area contributed by atoms with E-state index < -0.39 is 0 Å². The van der Waals surface area contributed by atoms with Crippen LogP contribution in [0.15, 0.2) is 41.7 Å². The molecule has 2 atom stereocenters. The highest BCUT2D eigenvalue weighted by Crippen LogP contribution is 2.25. The zero-order valence-corrected chi connectivity index (χ0v) is 17.8. The van der Waals surface area contributed by atoms with Gasteiger partial charge in [-0.2, -0.15) is 0 Å². The first-order valence-corrected chi connectivity index (χ1v) is 10.4. The van der Waals surface area contributed by atoms with Gasteiger partial charge in [-0.15, -0.1) is 0 Å². The lowest BCUT2D eigenvalue weighted by Gasteiger charge is -2.38. The molecule has 1 saturated heterocycles. The Morgan fingerprint density at radius 2 is 2.07 bits per heavy atom. The van der Waals surface area contributed by atoms with E-state index in [1.165, 1.54) is 12.1 Å². The largest absolute Gasteiger partial charge is 0.367 e. The molecule has 1 aliphatic heterocycles. The molecule has 29 heavy (non-hydrogen) atoms. The number of aromatic nitrogens is 2. The molecule has 2 heterocycles. The number of morpholine rings is 1. The van der Waals surface area contributed by atoms with E-state index in [0.29, 0.717) is 19.0 Å². The van der Waals surface area contributed by atoms with E-state index in [0.717, 1.165) is 37.0 Å². The van der Waals surface area contributed by atoms with Gasteiger partial charge < -0.3 is 19.5 Å². The van der Waals surface area contributed by atoms with Crippen molar-refractivity contribution >= 4 is 5.96 Å². The van der Waals surface area contributed by atoms with E-state index in [1.807, 2.05) is 12.4 Å². The number of aliphatic imine (C=N–C) groups is 1. The number of hydrogen-bond donors (Lipinski definition) is 1. The van der Waals surface area contributed by atoms with Gasteiger partial charge in [0.1, 0.15) is 24.3 Å². The summed E-state index contributed by atoms with van der Waals surface area (Å²) in [5.41, 5.74) is 0.978. The zero-order chi connectivity index (χ0) is 20.8. The fourth-order valence-electron chi connectivity index (χ4n) is 3.61. The molecule has 2 unspecified atom stereocenters. The van der Waals surface area contributed by atoms with Gasteiger partial charge in [0, 0.05) is 32.0 Å². The van der Waals surface area contributed by atoms with Gasteiger partial charge in [-0.05, 0) is 37.5 Å². The lowest BCUT2D eigenvalue weighted by Crippen LogP contribution is -2.50. The van der Waals surface area contributed by atoms with Crippen molar-refractivity contribution in [2.75, 3.05) is 19.6 Å². The SMILES string of the molecule is CCNC(=NCc1nccn1CC(C)C)N1CC(C)OC(c2ccc(F)cc2)C1. The predicted molar refractivity (Wildman–Crippen MR) is 113 cm³/mol. The molecule has 0 radical (unpaired) electrons. The van der Waals surface area contributed by atoms with Crippen molar-refractivity contribution in [3.63, 3.8) is 0 Å². The smallest absolute Gasteiger partial charge is 0.194 e. The average Bonchev–Trinajstić information content (AvgIpc) is 3.11. The molecule has 7 heteroatoms. The number of ether oxygens (including phenoxy) is 1. The third kappa shape index (κ3) is 5.79. The van der Waals surface area contributed by atoms with Crippen LogP contribution in [0.4, 0.5) is 4.39 Å². The summed E-state index contributed by atoms with van der Waals surface area (Å²) in [4.78, 5) is 11.6. The van der Waals surface area contributed by atoms with Gasteiger partial charge in [-0.1, -0.05) is 26.0 Å². The first-order chi connectivity index (χ1) is 14.0. The normalized spacial score (nSPS) is 20.3. The molecule has 3 rings (SSSR count). The Morgan fingerprint density at radius 3 is 2.76 bits per heavy atom. The Bertz CT molecular complexity index is 802.